The standard InChI is InChI=1S/C18H32N2/c1-5-11-20(12-6-2)15-18-10-8-7-9-17(18)14-19-13-16(3)4/h7-10,16,19H,5-6,11-15H2,1-4H3. The smallest absolute Gasteiger partial charge is 0.0236 e. The fourth-order valence-electron chi connectivity index (χ4n) is 2.52. The fourth-order valence-corrected chi connectivity index (χ4v) is 2.52. The van der Waals surface area contributed by atoms with Gasteiger partial charge in [-0.05, 0) is 49.5 Å². The summed E-state index contributed by atoms with van der Waals surface area (Å²) in [7, 11) is 0. The number of nitrogens with zero attached hydrogens (tertiary/aromatic N) is 1. The average Bonchev–Trinajstić information content (AvgIpc) is 2.41. The second-order valence-corrected chi connectivity index (χ2v) is 6.07. The summed E-state index contributed by atoms with van der Waals surface area (Å²) in [5.74, 6) is 0.707. The highest BCUT2D eigenvalue weighted by Gasteiger charge is 2.07. The van der Waals surface area contributed by atoms with E-state index in [9.17, 15) is 0 Å². The summed E-state index contributed by atoms with van der Waals surface area (Å²) in [6.45, 7) is 14.6. The minimum Gasteiger partial charge on any atom is -0.312 e. The Bertz CT molecular complexity index is 354. The Morgan fingerprint density at radius 2 is 1.60 bits per heavy atom. The van der Waals surface area contributed by atoms with Crippen LogP contribution < -0.4 is 5.32 Å². The predicted molar refractivity (Wildman–Crippen MR) is 88.8 cm³/mol. The topological polar surface area (TPSA) is 15.3 Å². The maximum atomic E-state index is 3.56. The van der Waals surface area contributed by atoms with Gasteiger partial charge in [-0.2, -0.15) is 0 Å². The molecule has 0 bridgehead atoms. The van der Waals surface area contributed by atoms with Crippen LogP contribution >= 0.6 is 0 Å². The van der Waals surface area contributed by atoms with Gasteiger partial charge in [-0.1, -0.05) is 52.0 Å². The monoisotopic (exact) mass is 276 g/mol. The lowest BCUT2D eigenvalue weighted by Gasteiger charge is -2.22. The van der Waals surface area contributed by atoms with E-state index in [2.05, 4.69) is 62.2 Å². The van der Waals surface area contributed by atoms with Crippen molar-refractivity contribution >= 4 is 0 Å². The first-order chi connectivity index (χ1) is 9.67. The molecule has 0 radical (unpaired) electrons. The highest BCUT2D eigenvalue weighted by molar-refractivity contribution is 5.27. The van der Waals surface area contributed by atoms with Crippen LogP contribution in [0.3, 0.4) is 0 Å². The van der Waals surface area contributed by atoms with E-state index in [4.69, 9.17) is 0 Å². The molecule has 20 heavy (non-hydrogen) atoms. The Morgan fingerprint density at radius 1 is 1.00 bits per heavy atom. The molecule has 1 rings (SSSR count). The molecule has 0 aromatic heterocycles. The Morgan fingerprint density at radius 3 is 2.15 bits per heavy atom. The van der Waals surface area contributed by atoms with Crippen molar-refractivity contribution in [3.8, 4) is 0 Å². The second kappa shape index (κ2) is 9.95. The lowest BCUT2D eigenvalue weighted by molar-refractivity contribution is 0.265. The molecule has 2 nitrogen and oxygen atoms in total. The molecule has 0 unspecified atom stereocenters. The molecule has 0 saturated heterocycles. The summed E-state index contributed by atoms with van der Waals surface area (Å²) in [6, 6.07) is 8.86. The first-order valence-electron chi connectivity index (χ1n) is 8.17. The summed E-state index contributed by atoms with van der Waals surface area (Å²) in [5.41, 5.74) is 2.93. The van der Waals surface area contributed by atoms with Crippen LogP contribution in [0, 0.1) is 5.92 Å². The zero-order chi connectivity index (χ0) is 14.8. The molecule has 2 heteroatoms. The van der Waals surface area contributed by atoms with E-state index in [0.29, 0.717) is 5.92 Å². The maximum Gasteiger partial charge on any atom is 0.0236 e. The van der Waals surface area contributed by atoms with Gasteiger partial charge in [0.2, 0.25) is 0 Å². The first-order valence-corrected chi connectivity index (χ1v) is 8.17. The van der Waals surface area contributed by atoms with Gasteiger partial charge in [-0.3, -0.25) is 4.90 Å². The molecule has 0 atom stereocenters. The number of rotatable bonds is 10. The molecule has 0 fully saturated rings. The predicted octanol–water partition coefficient (Wildman–Crippen LogP) is 4.05. The van der Waals surface area contributed by atoms with Gasteiger partial charge in [0.15, 0.2) is 0 Å². The van der Waals surface area contributed by atoms with Crippen molar-refractivity contribution in [1.82, 2.24) is 10.2 Å². The summed E-state index contributed by atoms with van der Waals surface area (Å²) in [4.78, 5) is 2.57. The minimum absolute atomic E-state index is 0.707. The molecular formula is C18H32N2. The Kier molecular flexibility index (Phi) is 8.56. The summed E-state index contributed by atoms with van der Waals surface area (Å²) >= 11 is 0. The number of nitrogens with one attached hydrogen (secondary N) is 1. The molecular weight excluding hydrogens is 244 g/mol. The Labute approximate surface area is 125 Å². The highest BCUT2D eigenvalue weighted by Crippen LogP contribution is 2.12. The molecule has 114 valence electrons. The summed E-state index contributed by atoms with van der Waals surface area (Å²) in [5, 5.41) is 3.56. The lowest BCUT2D eigenvalue weighted by Crippen LogP contribution is -2.26. The van der Waals surface area contributed by atoms with E-state index in [1.807, 2.05) is 0 Å². The zero-order valence-corrected chi connectivity index (χ0v) is 13.8. The molecule has 0 heterocycles. The van der Waals surface area contributed by atoms with Crippen molar-refractivity contribution in [3.05, 3.63) is 35.4 Å². The third-order valence-corrected chi connectivity index (χ3v) is 3.46. The minimum atomic E-state index is 0.707. The largest absolute Gasteiger partial charge is 0.312 e. The van der Waals surface area contributed by atoms with E-state index >= 15 is 0 Å². The van der Waals surface area contributed by atoms with Crippen LogP contribution in [0.1, 0.15) is 51.7 Å². The van der Waals surface area contributed by atoms with E-state index in [1.54, 1.807) is 0 Å². The Hall–Kier alpha value is -0.860. The van der Waals surface area contributed by atoms with Gasteiger partial charge in [-0.25, -0.2) is 0 Å². The van der Waals surface area contributed by atoms with Gasteiger partial charge in [0.1, 0.15) is 0 Å². The SMILES string of the molecule is CCCN(CCC)Cc1ccccc1CNCC(C)C. The van der Waals surface area contributed by atoms with Crippen molar-refractivity contribution in [3.63, 3.8) is 0 Å². The van der Waals surface area contributed by atoms with Crippen LogP contribution in [0.2, 0.25) is 0 Å². The summed E-state index contributed by atoms with van der Waals surface area (Å²) < 4.78 is 0. The zero-order valence-electron chi connectivity index (χ0n) is 13.8. The van der Waals surface area contributed by atoms with E-state index in [1.165, 1.54) is 37.1 Å². The number of hydrogen-bond donors (Lipinski definition) is 1. The molecule has 1 N–H and O–H groups in total. The van der Waals surface area contributed by atoms with Crippen LogP contribution in [-0.2, 0) is 13.1 Å². The van der Waals surface area contributed by atoms with Crippen LogP contribution in [0.25, 0.3) is 0 Å². The normalized spacial score (nSPS) is 11.5. The van der Waals surface area contributed by atoms with E-state index < -0.39 is 0 Å². The van der Waals surface area contributed by atoms with Gasteiger partial charge in [0.25, 0.3) is 0 Å². The molecule has 0 aliphatic carbocycles. The summed E-state index contributed by atoms with van der Waals surface area (Å²) in [6.07, 6.45) is 2.46. The quantitative estimate of drug-likeness (QED) is 0.693. The van der Waals surface area contributed by atoms with Crippen molar-refractivity contribution in [1.29, 1.82) is 0 Å². The van der Waals surface area contributed by atoms with Crippen LogP contribution in [-0.4, -0.2) is 24.5 Å². The van der Waals surface area contributed by atoms with Gasteiger partial charge >= 0.3 is 0 Å². The lowest BCUT2D eigenvalue weighted by atomic mass is 10.1. The first kappa shape index (κ1) is 17.2. The molecule has 0 spiro atoms. The van der Waals surface area contributed by atoms with Gasteiger partial charge in [-0.15, -0.1) is 0 Å². The van der Waals surface area contributed by atoms with Crippen molar-refractivity contribution in [2.24, 2.45) is 5.92 Å². The number of hydrogen-bond acceptors (Lipinski definition) is 2. The van der Waals surface area contributed by atoms with Crippen molar-refractivity contribution in [2.45, 2.75) is 53.6 Å². The maximum absolute atomic E-state index is 3.56. The van der Waals surface area contributed by atoms with Gasteiger partial charge in [0, 0.05) is 13.1 Å². The van der Waals surface area contributed by atoms with E-state index in [0.717, 1.165) is 19.6 Å². The van der Waals surface area contributed by atoms with Crippen LogP contribution in [0.15, 0.2) is 24.3 Å². The second-order valence-electron chi connectivity index (χ2n) is 6.07. The third kappa shape index (κ3) is 6.53. The molecule has 0 aliphatic heterocycles. The molecule has 1 aromatic rings. The molecule has 0 amide bonds. The number of benzene rings is 1. The molecule has 0 saturated carbocycles. The van der Waals surface area contributed by atoms with Crippen LogP contribution in [0.4, 0.5) is 0 Å². The average molecular weight is 276 g/mol. The van der Waals surface area contributed by atoms with Gasteiger partial charge < -0.3 is 5.32 Å². The van der Waals surface area contributed by atoms with Crippen molar-refractivity contribution in [2.75, 3.05) is 19.6 Å². The fraction of sp³-hybridized carbons (Fsp3) is 0.667. The van der Waals surface area contributed by atoms with E-state index in [-0.39, 0.29) is 0 Å². The van der Waals surface area contributed by atoms with Gasteiger partial charge in [0.05, 0.1) is 0 Å². The van der Waals surface area contributed by atoms with Crippen molar-refractivity contribution < 1.29 is 0 Å². The molecule has 1 aromatic carbocycles. The Balaban J connectivity index is 2.63. The highest BCUT2D eigenvalue weighted by atomic mass is 15.1. The van der Waals surface area contributed by atoms with Crippen LogP contribution in [0.5, 0.6) is 0 Å². The molecule has 0 aliphatic rings. The third-order valence-electron chi connectivity index (χ3n) is 3.46.